The molecule has 0 heterocycles. The summed E-state index contributed by atoms with van der Waals surface area (Å²) in [5, 5.41) is 11.4. The molecule has 0 saturated heterocycles. The van der Waals surface area contributed by atoms with Crippen molar-refractivity contribution >= 4 is 11.9 Å². The quantitative estimate of drug-likeness (QED) is 0.816. The van der Waals surface area contributed by atoms with E-state index in [1.54, 1.807) is 0 Å². The van der Waals surface area contributed by atoms with Crippen molar-refractivity contribution in [3.63, 3.8) is 0 Å². The van der Waals surface area contributed by atoms with Gasteiger partial charge in [-0.15, -0.1) is 0 Å². The summed E-state index contributed by atoms with van der Waals surface area (Å²) in [4.78, 5) is 22.0. The largest absolute Gasteiger partial charge is 0.481 e. The van der Waals surface area contributed by atoms with E-state index in [9.17, 15) is 9.59 Å². The molecule has 4 heteroatoms. The molecule has 0 aliphatic rings. The lowest BCUT2D eigenvalue weighted by Crippen LogP contribution is -2.26. The SMILES string of the molecule is Cc1ccc(CNC(=O)CC(C)C(=O)O)cc1. The molecule has 1 aromatic carbocycles. The summed E-state index contributed by atoms with van der Waals surface area (Å²) < 4.78 is 0. The van der Waals surface area contributed by atoms with Crippen LogP contribution in [0.1, 0.15) is 24.5 Å². The summed E-state index contributed by atoms with van der Waals surface area (Å²) in [6.45, 7) is 3.95. The zero-order chi connectivity index (χ0) is 12.8. The van der Waals surface area contributed by atoms with E-state index in [0.29, 0.717) is 6.54 Å². The van der Waals surface area contributed by atoms with Gasteiger partial charge in [0.15, 0.2) is 0 Å². The summed E-state index contributed by atoms with van der Waals surface area (Å²) in [6.07, 6.45) is 0.0151. The van der Waals surface area contributed by atoms with Crippen LogP contribution in [0.3, 0.4) is 0 Å². The van der Waals surface area contributed by atoms with Gasteiger partial charge in [-0.25, -0.2) is 0 Å². The smallest absolute Gasteiger partial charge is 0.306 e. The minimum atomic E-state index is -0.949. The maximum Gasteiger partial charge on any atom is 0.306 e. The Hall–Kier alpha value is -1.84. The first-order chi connectivity index (χ1) is 7.99. The zero-order valence-corrected chi connectivity index (χ0v) is 10.1. The Morgan fingerprint density at radius 1 is 1.29 bits per heavy atom. The van der Waals surface area contributed by atoms with Gasteiger partial charge >= 0.3 is 5.97 Å². The lowest BCUT2D eigenvalue weighted by atomic mass is 10.1. The predicted molar refractivity (Wildman–Crippen MR) is 64.4 cm³/mol. The molecule has 1 unspecified atom stereocenters. The van der Waals surface area contributed by atoms with Crippen LogP contribution in [0.4, 0.5) is 0 Å². The van der Waals surface area contributed by atoms with Crippen molar-refractivity contribution in [2.75, 3.05) is 0 Å². The second-order valence-electron chi connectivity index (χ2n) is 4.21. The molecule has 0 spiro atoms. The number of aliphatic carboxylic acids is 1. The van der Waals surface area contributed by atoms with E-state index in [2.05, 4.69) is 5.32 Å². The van der Waals surface area contributed by atoms with E-state index in [0.717, 1.165) is 5.56 Å². The lowest BCUT2D eigenvalue weighted by Gasteiger charge is -2.08. The second kappa shape index (κ2) is 6.03. The molecule has 2 N–H and O–H groups in total. The molecule has 0 aliphatic carbocycles. The van der Waals surface area contributed by atoms with E-state index in [-0.39, 0.29) is 12.3 Å². The van der Waals surface area contributed by atoms with Crippen LogP contribution < -0.4 is 5.32 Å². The van der Waals surface area contributed by atoms with Crippen molar-refractivity contribution in [1.82, 2.24) is 5.32 Å². The summed E-state index contributed by atoms with van der Waals surface area (Å²) in [7, 11) is 0. The third kappa shape index (κ3) is 4.68. The Morgan fingerprint density at radius 3 is 2.41 bits per heavy atom. The molecule has 1 rings (SSSR count). The highest BCUT2D eigenvalue weighted by Crippen LogP contribution is 2.04. The van der Waals surface area contributed by atoms with Gasteiger partial charge in [-0.2, -0.15) is 0 Å². The Labute approximate surface area is 101 Å². The molecule has 0 radical (unpaired) electrons. The number of hydrogen-bond donors (Lipinski definition) is 2. The Bertz CT molecular complexity index is 398. The first kappa shape index (κ1) is 13.2. The van der Waals surface area contributed by atoms with Gasteiger partial charge in [0, 0.05) is 13.0 Å². The molecular weight excluding hydrogens is 218 g/mol. The van der Waals surface area contributed by atoms with Crippen LogP contribution in [-0.2, 0) is 16.1 Å². The average Bonchev–Trinajstić information content (AvgIpc) is 2.28. The van der Waals surface area contributed by atoms with E-state index < -0.39 is 11.9 Å². The van der Waals surface area contributed by atoms with Crippen molar-refractivity contribution in [2.24, 2.45) is 5.92 Å². The third-order valence-electron chi connectivity index (χ3n) is 2.52. The Kier molecular flexibility index (Phi) is 4.69. The molecular formula is C13H17NO3. The molecule has 0 aromatic heterocycles. The van der Waals surface area contributed by atoms with E-state index in [1.165, 1.54) is 12.5 Å². The molecule has 0 saturated carbocycles. The second-order valence-corrected chi connectivity index (χ2v) is 4.21. The minimum Gasteiger partial charge on any atom is -0.481 e. The van der Waals surface area contributed by atoms with Crippen molar-refractivity contribution < 1.29 is 14.7 Å². The number of rotatable bonds is 5. The van der Waals surface area contributed by atoms with E-state index in [1.807, 2.05) is 31.2 Å². The Morgan fingerprint density at radius 2 is 1.88 bits per heavy atom. The standard InChI is InChI=1S/C13H17NO3/c1-9-3-5-11(6-4-9)8-14-12(15)7-10(2)13(16)17/h3-6,10H,7-8H2,1-2H3,(H,14,15)(H,16,17). The number of carboxylic acid groups (broad SMARTS) is 1. The highest BCUT2D eigenvalue weighted by molar-refractivity contribution is 5.81. The van der Waals surface area contributed by atoms with Crippen molar-refractivity contribution in [3.05, 3.63) is 35.4 Å². The van der Waals surface area contributed by atoms with Crippen LogP contribution in [0.2, 0.25) is 0 Å². The summed E-state index contributed by atoms with van der Waals surface area (Å²) in [6, 6.07) is 7.83. The van der Waals surface area contributed by atoms with Gasteiger partial charge in [-0.05, 0) is 12.5 Å². The van der Waals surface area contributed by atoms with Gasteiger partial charge in [0.1, 0.15) is 0 Å². The van der Waals surface area contributed by atoms with Gasteiger partial charge in [-0.1, -0.05) is 36.8 Å². The molecule has 1 aromatic rings. The first-order valence-electron chi connectivity index (χ1n) is 5.54. The fourth-order valence-corrected chi connectivity index (χ4v) is 1.34. The number of carbonyl (C=O) groups excluding carboxylic acids is 1. The Balaban J connectivity index is 2.38. The number of hydrogen-bond acceptors (Lipinski definition) is 2. The van der Waals surface area contributed by atoms with Crippen molar-refractivity contribution in [3.8, 4) is 0 Å². The van der Waals surface area contributed by atoms with Crippen LogP contribution in [0.15, 0.2) is 24.3 Å². The summed E-state index contributed by atoms with van der Waals surface area (Å²) in [5.41, 5.74) is 2.17. The minimum absolute atomic E-state index is 0.0151. The first-order valence-corrected chi connectivity index (χ1v) is 5.54. The van der Waals surface area contributed by atoms with E-state index >= 15 is 0 Å². The van der Waals surface area contributed by atoms with Crippen molar-refractivity contribution in [2.45, 2.75) is 26.8 Å². The van der Waals surface area contributed by atoms with Gasteiger partial charge in [0.2, 0.25) is 5.91 Å². The van der Waals surface area contributed by atoms with Gasteiger partial charge < -0.3 is 10.4 Å². The number of nitrogens with one attached hydrogen (secondary N) is 1. The molecule has 1 amide bonds. The predicted octanol–water partition coefficient (Wildman–Crippen LogP) is 1.72. The molecule has 0 fully saturated rings. The average molecular weight is 235 g/mol. The number of carboxylic acids is 1. The topological polar surface area (TPSA) is 66.4 Å². The molecule has 0 aliphatic heterocycles. The van der Waals surface area contributed by atoms with Gasteiger partial charge in [-0.3, -0.25) is 9.59 Å². The maximum atomic E-state index is 11.4. The number of amides is 1. The monoisotopic (exact) mass is 235 g/mol. The van der Waals surface area contributed by atoms with Gasteiger partial charge in [0.25, 0.3) is 0 Å². The fraction of sp³-hybridized carbons (Fsp3) is 0.385. The number of carbonyl (C=O) groups is 2. The molecule has 0 bridgehead atoms. The molecule has 17 heavy (non-hydrogen) atoms. The van der Waals surface area contributed by atoms with Gasteiger partial charge in [0.05, 0.1) is 5.92 Å². The van der Waals surface area contributed by atoms with Crippen LogP contribution in [0.5, 0.6) is 0 Å². The zero-order valence-electron chi connectivity index (χ0n) is 10.1. The van der Waals surface area contributed by atoms with Crippen LogP contribution in [0.25, 0.3) is 0 Å². The van der Waals surface area contributed by atoms with Crippen LogP contribution >= 0.6 is 0 Å². The van der Waals surface area contributed by atoms with E-state index in [4.69, 9.17) is 5.11 Å². The number of aryl methyl sites for hydroxylation is 1. The normalized spacial score (nSPS) is 11.9. The highest BCUT2D eigenvalue weighted by Gasteiger charge is 2.15. The lowest BCUT2D eigenvalue weighted by molar-refractivity contribution is -0.143. The molecule has 4 nitrogen and oxygen atoms in total. The molecule has 1 atom stereocenters. The van der Waals surface area contributed by atoms with Crippen molar-refractivity contribution in [1.29, 1.82) is 0 Å². The summed E-state index contributed by atoms with van der Waals surface area (Å²) >= 11 is 0. The molecule has 92 valence electrons. The van der Waals surface area contributed by atoms with Crippen LogP contribution in [-0.4, -0.2) is 17.0 Å². The third-order valence-corrected chi connectivity index (χ3v) is 2.52. The highest BCUT2D eigenvalue weighted by atomic mass is 16.4. The fourth-order valence-electron chi connectivity index (χ4n) is 1.34. The number of benzene rings is 1. The van der Waals surface area contributed by atoms with Crippen LogP contribution in [0, 0.1) is 12.8 Å². The summed E-state index contributed by atoms with van der Waals surface area (Å²) in [5.74, 6) is -1.83. The maximum absolute atomic E-state index is 11.4.